The lowest BCUT2D eigenvalue weighted by atomic mass is 10.1. The molecule has 6 heteroatoms. The largest absolute Gasteiger partial charge is 0.452 e. The van der Waals surface area contributed by atoms with Crippen molar-refractivity contribution in [2.24, 2.45) is 0 Å². The normalized spacial score (nSPS) is 11.4. The van der Waals surface area contributed by atoms with Gasteiger partial charge in [0.1, 0.15) is 5.76 Å². The van der Waals surface area contributed by atoms with Crippen LogP contribution in [0, 0.1) is 0 Å². The van der Waals surface area contributed by atoms with Crippen LogP contribution in [0.15, 0.2) is 58.3 Å². The van der Waals surface area contributed by atoms with E-state index in [1.54, 1.807) is 17.4 Å². The number of hydrogen-bond donors (Lipinski definition) is 0. The average Bonchev–Trinajstić information content (AvgIpc) is 3.78. The van der Waals surface area contributed by atoms with Crippen molar-refractivity contribution in [1.29, 1.82) is 0 Å². The van der Waals surface area contributed by atoms with Crippen LogP contribution in [0.2, 0.25) is 0 Å². The van der Waals surface area contributed by atoms with Crippen LogP contribution < -0.4 is 0 Å². The Balaban J connectivity index is 1.37. The van der Waals surface area contributed by atoms with Crippen molar-refractivity contribution < 1.29 is 9.21 Å². The van der Waals surface area contributed by atoms with Gasteiger partial charge in [-0.2, -0.15) is 0 Å². The van der Waals surface area contributed by atoms with Gasteiger partial charge in [-0.15, -0.1) is 45.3 Å². The summed E-state index contributed by atoms with van der Waals surface area (Å²) in [6.07, 6.45) is 13.2. The molecule has 0 N–H and O–H groups in total. The monoisotopic (exact) mass is 592 g/mol. The number of furan rings is 1. The molecule has 5 rings (SSSR count). The number of hydrogen-bond acceptors (Lipinski definition) is 6. The molecule has 0 saturated heterocycles. The summed E-state index contributed by atoms with van der Waals surface area (Å²) in [6, 6.07) is 17.4. The summed E-state index contributed by atoms with van der Waals surface area (Å²) >= 11 is 7.47. The highest BCUT2D eigenvalue weighted by Gasteiger charge is 2.18. The summed E-state index contributed by atoms with van der Waals surface area (Å²) in [7, 11) is 0. The highest BCUT2D eigenvalue weighted by atomic mass is 32.1. The topological polar surface area (TPSA) is 30.2 Å². The molecule has 0 aliphatic carbocycles. The molecule has 0 unspecified atom stereocenters. The zero-order chi connectivity index (χ0) is 27.0. The van der Waals surface area contributed by atoms with Gasteiger partial charge in [-0.05, 0) is 90.7 Å². The van der Waals surface area contributed by atoms with E-state index in [0.717, 1.165) is 23.3 Å². The predicted molar refractivity (Wildman–Crippen MR) is 173 cm³/mol. The second kappa shape index (κ2) is 13.9. The van der Waals surface area contributed by atoms with E-state index in [0.29, 0.717) is 5.76 Å². The second-order valence-electron chi connectivity index (χ2n) is 10.0. The Morgan fingerprint density at radius 2 is 1.28 bits per heavy atom. The lowest BCUT2D eigenvalue weighted by Gasteiger charge is -2.02. The first-order valence-electron chi connectivity index (χ1n) is 14.1. The number of aldehydes is 1. The predicted octanol–water partition coefficient (Wildman–Crippen LogP) is 12.3. The van der Waals surface area contributed by atoms with Crippen molar-refractivity contribution in [1.82, 2.24) is 0 Å². The molecule has 2 nitrogen and oxygen atoms in total. The van der Waals surface area contributed by atoms with Gasteiger partial charge in [0, 0.05) is 29.3 Å². The molecule has 5 heterocycles. The van der Waals surface area contributed by atoms with Gasteiger partial charge < -0.3 is 4.42 Å². The van der Waals surface area contributed by atoms with Gasteiger partial charge in [0.2, 0.25) is 0 Å². The third-order valence-corrected chi connectivity index (χ3v) is 11.9. The Hall–Kier alpha value is -2.25. The molecule has 0 spiro atoms. The van der Waals surface area contributed by atoms with Crippen molar-refractivity contribution >= 4 is 51.6 Å². The van der Waals surface area contributed by atoms with Gasteiger partial charge in [0.05, 0.1) is 4.88 Å². The fourth-order valence-corrected chi connectivity index (χ4v) is 9.45. The molecule has 0 amide bonds. The number of carbonyl (C=O) groups excluding carboxylic acids is 1. The van der Waals surface area contributed by atoms with Crippen LogP contribution in [0.4, 0.5) is 0 Å². The smallest absolute Gasteiger partial charge is 0.185 e. The van der Waals surface area contributed by atoms with Gasteiger partial charge in [-0.25, -0.2) is 0 Å². The number of thiophene rings is 4. The molecule has 5 aromatic heterocycles. The molecule has 0 aliphatic heterocycles. The highest BCUT2D eigenvalue weighted by Crippen LogP contribution is 2.46. The molecule has 0 saturated carbocycles. The van der Waals surface area contributed by atoms with Crippen LogP contribution >= 0.6 is 45.3 Å². The second-order valence-corrected chi connectivity index (χ2v) is 14.1. The summed E-state index contributed by atoms with van der Waals surface area (Å²) in [6.45, 7) is 4.53. The third-order valence-electron chi connectivity index (χ3n) is 7.04. The molecular weight excluding hydrogens is 557 g/mol. The zero-order valence-corrected chi connectivity index (χ0v) is 26.1. The van der Waals surface area contributed by atoms with Gasteiger partial charge in [-0.3, -0.25) is 4.79 Å². The Morgan fingerprint density at radius 1 is 0.641 bits per heavy atom. The summed E-state index contributed by atoms with van der Waals surface area (Å²) in [5.74, 6) is 1.16. The Morgan fingerprint density at radius 3 is 1.92 bits per heavy atom. The number of carbonyl (C=O) groups is 1. The minimum Gasteiger partial charge on any atom is -0.452 e. The minimum atomic E-state index is 0.381. The quantitative estimate of drug-likeness (QED) is 0.0894. The highest BCUT2D eigenvalue weighted by molar-refractivity contribution is 7.28. The van der Waals surface area contributed by atoms with Gasteiger partial charge >= 0.3 is 0 Å². The zero-order valence-electron chi connectivity index (χ0n) is 22.8. The van der Waals surface area contributed by atoms with Gasteiger partial charge in [0.15, 0.2) is 12.0 Å². The van der Waals surface area contributed by atoms with E-state index in [-0.39, 0.29) is 0 Å². The Labute approximate surface area is 248 Å². The van der Waals surface area contributed by atoms with E-state index in [2.05, 4.69) is 55.6 Å². The van der Waals surface area contributed by atoms with E-state index in [4.69, 9.17) is 4.42 Å². The first-order chi connectivity index (χ1) is 19.2. The lowest BCUT2D eigenvalue weighted by molar-refractivity contribution is 0.110. The number of aryl methyl sites for hydroxylation is 2. The fraction of sp³-hybridized carbons (Fsp3) is 0.364. The van der Waals surface area contributed by atoms with Crippen molar-refractivity contribution in [3.05, 3.63) is 70.8 Å². The van der Waals surface area contributed by atoms with Crippen molar-refractivity contribution in [2.75, 3.05) is 0 Å². The maximum absolute atomic E-state index is 11.2. The molecule has 204 valence electrons. The Kier molecular flexibility index (Phi) is 10.1. The first-order valence-corrected chi connectivity index (χ1v) is 17.5. The summed E-state index contributed by atoms with van der Waals surface area (Å²) < 4.78 is 5.77. The van der Waals surface area contributed by atoms with E-state index < -0.39 is 0 Å². The van der Waals surface area contributed by atoms with E-state index in [1.165, 1.54) is 98.2 Å². The molecule has 0 atom stereocenters. The number of unbranched alkanes of at least 4 members (excludes halogenated alkanes) is 6. The maximum atomic E-state index is 11.2. The first kappa shape index (κ1) is 28.3. The average molecular weight is 593 g/mol. The fourth-order valence-electron chi connectivity index (χ4n) is 4.91. The van der Waals surface area contributed by atoms with Crippen LogP contribution in [0.5, 0.6) is 0 Å². The van der Waals surface area contributed by atoms with Crippen LogP contribution in [0.3, 0.4) is 0 Å². The van der Waals surface area contributed by atoms with Crippen LogP contribution in [-0.2, 0) is 12.8 Å². The summed E-state index contributed by atoms with van der Waals surface area (Å²) in [4.78, 5) is 20.4. The third kappa shape index (κ3) is 6.91. The Bertz CT molecular complexity index is 1470. The van der Waals surface area contributed by atoms with Crippen LogP contribution in [0.25, 0.3) is 39.9 Å². The van der Waals surface area contributed by atoms with Crippen molar-refractivity contribution in [2.45, 2.75) is 78.1 Å². The van der Waals surface area contributed by atoms with Crippen molar-refractivity contribution in [3.63, 3.8) is 0 Å². The van der Waals surface area contributed by atoms with Gasteiger partial charge in [-0.1, -0.05) is 52.4 Å². The SMILES string of the molecule is CCCCCCc1ccsc1-c1ccc(-c2ccc(-c3sc(-c4ccc(C=O)o4)cc3CCCCCC)s2)s1. The maximum Gasteiger partial charge on any atom is 0.185 e. The molecule has 0 radical (unpaired) electrons. The summed E-state index contributed by atoms with van der Waals surface area (Å²) in [5, 5.41) is 2.25. The molecule has 0 aliphatic rings. The molecular formula is C33H36O2S4. The van der Waals surface area contributed by atoms with Crippen LogP contribution in [-0.4, -0.2) is 6.29 Å². The standard InChI is InChI=1S/C33H36O2S4/c1-3-5-7-9-11-23-19-20-36-32(23)29-17-15-27(37-29)28-16-18-30(38-28)33-24(12-10-8-6-4-2)21-31(39-33)26-14-13-25(22-34)35-26/h13-22H,3-12H2,1-2H3. The molecule has 0 fully saturated rings. The van der Waals surface area contributed by atoms with Crippen LogP contribution in [0.1, 0.15) is 86.9 Å². The van der Waals surface area contributed by atoms with Gasteiger partial charge in [0.25, 0.3) is 0 Å². The van der Waals surface area contributed by atoms with E-state index in [9.17, 15) is 4.79 Å². The molecule has 39 heavy (non-hydrogen) atoms. The molecule has 5 aromatic rings. The molecule has 0 aromatic carbocycles. The number of rotatable bonds is 15. The van der Waals surface area contributed by atoms with E-state index >= 15 is 0 Å². The van der Waals surface area contributed by atoms with Crippen molar-refractivity contribution in [3.8, 4) is 39.9 Å². The van der Waals surface area contributed by atoms with E-state index in [1.807, 2.05) is 40.1 Å². The lowest BCUT2D eigenvalue weighted by Crippen LogP contribution is -1.85. The molecule has 0 bridgehead atoms. The minimum absolute atomic E-state index is 0.381. The summed E-state index contributed by atoms with van der Waals surface area (Å²) in [5.41, 5.74) is 2.90.